The molecule has 1 aromatic rings. The van der Waals surface area contributed by atoms with Crippen LogP contribution in [0.25, 0.3) is 0 Å². The Labute approximate surface area is 116 Å². The van der Waals surface area contributed by atoms with E-state index >= 15 is 0 Å². The summed E-state index contributed by atoms with van der Waals surface area (Å²) in [4.78, 5) is 2.44. The molecule has 106 valence electrons. The van der Waals surface area contributed by atoms with E-state index in [4.69, 9.17) is 4.74 Å². The number of nitrogens with one attached hydrogen (secondary N) is 1. The smallest absolute Gasteiger partial charge is 0.118 e. The summed E-state index contributed by atoms with van der Waals surface area (Å²) in [6, 6.07) is 8.75. The SMILES string of the molecule is COc1ccc([C@H](C)NCC2CCCN(C)C2)cc1. The first-order valence-electron chi connectivity index (χ1n) is 7.25. The molecule has 2 atom stereocenters. The molecular weight excluding hydrogens is 236 g/mol. The molecule has 1 unspecified atom stereocenters. The summed E-state index contributed by atoms with van der Waals surface area (Å²) < 4.78 is 5.19. The van der Waals surface area contributed by atoms with Gasteiger partial charge in [0.25, 0.3) is 0 Å². The second-order valence-electron chi connectivity index (χ2n) is 5.67. The largest absolute Gasteiger partial charge is 0.497 e. The highest BCUT2D eigenvalue weighted by atomic mass is 16.5. The van der Waals surface area contributed by atoms with Crippen LogP contribution in [0.3, 0.4) is 0 Å². The van der Waals surface area contributed by atoms with Crippen LogP contribution in [0.2, 0.25) is 0 Å². The lowest BCUT2D eigenvalue weighted by Gasteiger charge is -2.30. The molecule has 1 aliphatic rings. The predicted molar refractivity (Wildman–Crippen MR) is 79.6 cm³/mol. The number of methoxy groups -OCH3 is 1. The minimum atomic E-state index is 0.401. The Kier molecular flexibility index (Phi) is 5.23. The maximum Gasteiger partial charge on any atom is 0.118 e. The van der Waals surface area contributed by atoms with E-state index in [2.05, 4.69) is 36.3 Å². The molecule has 0 saturated carbocycles. The van der Waals surface area contributed by atoms with Gasteiger partial charge in [-0.3, -0.25) is 0 Å². The molecule has 1 saturated heterocycles. The fourth-order valence-electron chi connectivity index (χ4n) is 2.79. The fourth-order valence-corrected chi connectivity index (χ4v) is 2.79. The van der Waals surface area contributed by atoms with E-state index in [-0.39, 0.29) is 0 Å². The zero-order chi connectivity index (χ0) is 13.7. The third kappa shape index (κ3) is 4.22. The summed E-state index contributed by atoms with van der Waals surface area (Å²) >= 11 is 0. The van der Waals surface area contributed by atoms with Crippen molar-refractivity contribution in [1.29, 1.82) is 0 Å². The lowest BCUT2D eigenvalue weighted by molar-refractivity contribution is 0.203. The molecule has 3 heteroatoms. The molecule has 0 radical (unpaired) electrons. The first-order valence-corrected chi connectivity index (χ1v) is 7.25. The third-order valence-corrected chi connectivity index (χ3v) is 4.05. The van der Waals surface area contributed by atoms with Crippen LogP contribution in [-0.4, -0.2) is 38.7 Å². The van der Waals surface area contributed by atoms with Crippen molar-refractivity contribution >= 4 is 0 Å². The van der Waals surface area contributed by atoms with Gasteiger partial charge < -0.3 is 15.0 Å². The van der Waals surface area contributed by atoms with Crippen LogP contribution in [-0.2, 0) is 0 Å². The summed E-state index contributed by atoms with van der Waals surface area (Å²) in [5.41, 5.74) is 1.32. The number of nitrogens with zero attached hydrogens (tertiary/aromatic N) is 1. The molecule has 2 rings (SSSR count). The van der Waals surface area contributed by atoms with Crippen molar-refractivity contribution in [3.8, 4) is 5.75 Å². The average molecular weight is 262 g/mol. The first-order chi connectivity index (χ1) is 9.19. The maximum absolute atomic E-state index is 5.19. The number of likely N-dealkylation sites (tertiary alicyclic amines) is 1. The van der Waals surface area contributed by atoms with Gasteiger partial charge in [0.1, 0.15) is 5.75 Å². The van der Waals surface area contributed by atoms with E-state index in [1.807, 2.05) is 12.1 Å². The van der Waals surface area contributed by atoms with Crippen LogP contribution < -0.4 is 10.1 Å². The number of benzene rings is 1. The van der Waals surface area contributed by atoms with E-state index in [0.717, 1.165) is 18.2 Å². The Morgan fingerprint density at radius 2 is 2.11 bits per heavy atom. The normalized spacial score (nSPS) is 22.2. The van der Waals surface area contributed by atoms with E-state index in [1.165, 1.54) is 31.5 Å². The summed E-state index contributed by atoms with van der Waals surface area (Å²) in [5.74, 6) is 1.71. The quantitative estimate of drug-likeness (QED) is 0.883. The minimum Gasteiger partial charge on any atom is -0.497 e. The fraction of sp³-hybridized carbons (Fsp3) is 0.625. The van der Waals surface area contributed by atoms with Gasteiger partial charge in [-0.2, -0.15) is 0 Å². The summed E-state index contributed by atoms with van der Waals surface area (Å²) in [5, 5.41) is 3.66. The van der Waals surface area contributed by atoms with Crippen molar-refractivity contribution in [1.82, 2.24) is 10.2 Å². The second-order valence-corrected chi connectivity index (χ2v) is 5.67. The highest BCUT2D eigenvalue weighted by Crippen LogP contribution is 2.19. The van der Waals surface area contributed by atoms with Crippen LogP contribution >= 0.6 is 0 Å². The Hall–Kier alpha value is -1.06. The van der Waals surface area contributed by atoms with Gasteiger partial charge in [-0.05, 0) is 63.5 Å². The number of rotatable bonds is 5. The second kappa shape index (κ2) is 6.92. The van der Waals surface area contributed by atoms with E-state index in [1.54, 1.807) is 7.11 Å². The standard InChI is InChI=1S/C16H26N2O/c1-13(15-6-8-16(19-3)9-7-15)17-11-14-5-4-10-18(2)12-14/h6-9,13-14,17H,4-5,10-12H2,1-3H3/t13-,14?/m0/s1. The Bertz CT molecular complexity index is 377. The topological polar surface area (TPSA) is 24.5 Å². The molecule has 0 bridgehead atoms. The number of hydrogen-bond acceptors (Lipinski definition) is 3. The van der Waals surface area contributed by atoms with Crippen molar-refractivity contribution in [2.24, 2.45) is 5.92 Å². The van der Waals surface area contributed by atoms with Crippen LogP contribution in [0.15, 0.2) is 24.3 Å². The lowest BCUT2D eigenvalue weighted by atomic mass is 9.97. The van der Waals surface area contributed by atoms with Crippen molar-refractivity contribution in [3.05, 3.63) is 29.8 Å². The van der Waals surface area contributed by atoms with Crippen molar-refractivity contribution in [2.45, 2.75) is 25.8 Å². The molecule has 19 heavy (non-hydrogen) atoms. The Balaban J connectivity index is 1.81. The maximum atomic E-state index is 5.19. The van der Waals surface area contributed by atoms with Gasteiger partial charge in [0.15, 0.2) is 0 Å². The van der Waals surface area contributed by atoms with Gasteiger partial charge in [0, 0.05) is 12.6 Å². The van der Waals surface area contributed by atoms with Gasteiger partial charge in [-0.25, -0.2) is 0 Å². The van der Waals surface area contributed by atoms with E-state index in [9.17, 15) is 0 Å². The summed E-state index contributed by atoms with van der Waals surface area (Å²) in [6.45, 7) is 5.82. The number of piperidine rings is 1. The molecule has 1 aliphatic heterocycles. The van der Waals surface area contributed by atoms with E-state index < -0.39 is 0 Å². The van der Waals surface area contributed by atoms with Crippen molar-refractivity contribution < 1.29 is 4.74 Å². The molecular formula is C16H26N2O. The van der Waals surface area contributed by atoms with Crippen LogP contribution in [0, 0.1) is 5.92 Å². The predicted octanol–water partition coefficient (Wildman–Crippen LogP) is 2.69. The first kappa shape index (κ1) is 14.4. The van der Waals surface area contributed by atoms with Crippen LogP contribution in [0.4, 0.5) is 0 Å². The molecule has 0 spiro atoms. The highest BCUT2D eigenvalue weighted by Gasteiger charge is 2.17. The lowest BCUT2D eigenvalue weighted by Crippen LogP contribution is -2.37. The molecule has 3 nitrogen and oxygen atoms in total. The average Bonchev–Trinajstić information content (AvgIpc) is 2.45. The highest BCUT2D eigenvalue weighted by molar-refractivity contribution is 5.28. The van der Waals surface area contributed by atoms with Crippen LogP contribution in [0.5, 0.6) is 5.75 Å². The van der Waals surface area contributed by atoms with Crippen molar-refractivity contribution in [2.75, 3.05) is 33.8 Å². The van der Waals surface area contributed by atoms with Gasteiger partial charge in [0.05, 0.1) is 7.11 Å². The third-order valence-electron chi connectivity index (χ3n) is 4.05. The van der Waals surface area contributed by atoms with Gasteiger partial charge >= 0.3 is 0 Å². The molecule has 1 N–H and O–H groups in total. The number of ether oxygens (including phenoxy) is 1. The van der Waals surface area contributed by atoms with Gasteiger partial charge in [0.2, 0.25) is 0 Å². The Morgan fingerprint density at radius 1 is 1.37 bits per heavy atom. The van der Waals surface area contributed by atoms with Gasteiger partial charge in [-0.1, -0.05) is 12.1 Å². The zero-order valence-electron chi connectivity index (χ0n) is 12.4. The summed E-state index contributed by atoms with van der Waals surface area (Å²) in [6.07, 6.45) is 2.69. The Morgan fingerprint density at radius 3 is 2.74 bits per heavy atom. The van der Waals surface area contributed by atoms with Crippen LogP contribution in [0.1, 0.15) is 31.4 Å². The molecule has 0 aliphatic carbocycles. The van der Waals surface area contributed by atoms with Crippen molar-refractivity contribution in [3.63, 3.8) is 0 Å². The van der Waals surface area contributed by atoms with E-state index in [0.29, 0.717) is 6.04 Å². The minimum absolute atomic E-state index is 0.401. The monoisotopic (exact) mass is 262 g/mol. The molecule has 0 amide bonds. The van der Waals surface area contributed by atoms with Gasteiger partial charge in [-0.15, -0.1) is 0 Å². The zero-order valence-corrected chi connectivity index (χ0v) is 12.4. The molecule has 0 aromatic heterocycles. The molecule has 1 aromatic carbocycles. The number of hydrogen-bond donors (Lipinski definition) is 1. The molecule has 1 heterocycles. The summed E-state index contributed by atoms with van der Waals surface area (Å²) in [7, 11) is 3.93. The molecule has 1 fully saturated rings.